The fraction of sp³-hybridized carbons (Fsp3) is 0.286. The lowest BCUT2D eigenvalue weighted by Gasteiger charge is -2.10. The molecular weight excluding hydrogens is 358 g/mol. The van der Waals surface area contributed by atoms with Gasteiger partial charge in [0.2, 0.25) is 5.91 Å². The van der Waals surface area contributed by atoms with Crippen LogP contribution in [-0.2, 0) is 4.79 Å². The Bertz CT molecular complexity index is 832. The molecule has 0 radical (unpaired) electrons. The van der Waals surface area contributed by atoms with Gasteiger partial charge in [0.1, 0.15) is 5.75 Å². The van der Waals surface area contributed by atoms with Crippen LogP contribution in [0.15, 0.2) is 48.5 Å². The minimum absolute atomic E-state index is 0.0752. The summed E-state index contributed by atoms with van der Waals surface area (Å²) in [5, 5.41) is 2.77. The molecule has 148 valence electrons. The van der Waals surface area contributed by atoms with E-state index in [0.717, 1.165) is 0 Å². The topological polar surface area (TPSA) is 96.5 Å². The maximum absolute atomic E-state index is 12.2. The molecule has 0 saturated carbocycles. The largest absolute Gasteiger partial charge is 0.494 e. The summed E-state index contributed by atoms with van der Waals surface area (Å²) in [5.41, 5.74) is 6.07. The summed E-state index contributed by atoms with van der Waals surface area (Å²) < 4.78 is 5.35. The molecule has 0 unspecified atom stereocenters. The van der Waals surface area contributed by atoms with Crippen molar-refractivity contribution >= 4 is 23.4 Å². The van der Waals surface area contributed by atoms with Crippen LogP contribution in [0.5, 0.6) is 5.75 Å². The Labute approximate surface area is 164 Å². The Hall–Kier alpha value is -3.35. The molecule has 0 bridgehead atoms. The van der Waals surface area contributed by atoms with Gasteiger partial charge in [0.05, 0.1) is 6.61 Å². The molecule has 0 fully saturated rings. The molecule has 7 nitrogen and oxygen atoms in total. The standard InChI is InChI=1S/C21H25N3O4/c1-4-28-18-7-5-6-16(13-18)21(27)24-23-20(26)15-8-10-17(11-9-15)22-19(25)12-14(2)3/h5-11,13-14H,4,12H2,1-3H3,(H,22,25)(H,23,26)(H,24,27). The number of hydrogen-bond donors (Lipinski definition) is 3. The molecule has 3 amide bonds. The molecule has 0 aliphatic carbocycles. The molecule has 2 aromatic rings. The number of hydrazine groups is 1. The van der Waals surface area contributed by atoms with E-state index in [4.69, 9.17) is 4.74 Å². The van der Waals surface area contributed by atoms with Crippen LogP contribution >= 0.6 is 0 Å². The first-order chi connectivity index (χ1) is 13.4. The summed E-state index contributed by atoms with van der Waals surface area (Å²) >= 11 is 0. The fourth-order valence-corrected chi connectivity index (χ4v) is 2.44. The van der Waals surface area contributed by atoms with Crippen LogP contribution in [0.25, 0.3) is 0 Å². The number of benzene rings is 2. The number of amides is 3. The number of rotatable bonds is 7. The van der Waals surface area contributed by atoms with E-state index in [0.29, 0.717) is 35.6 Å². The first-order valence-electron chi connectivity index (χ1n) is 9.12. The second kappa shape index (κ2) is 10.1. The van der Waals surface area contributed by atoms with Gasteiger partial charge in [0.25, 0.3) is 11.8 Å². The zero-order valence-electron chi connectivity index (χ0n) is 16.2. The van der Waals surface area contributed by atoms with Crippen molar-refractivity contribution in [2.75, 3.05) is 11.9 Å². The van der Waals surface area contributed by atoms with Crippen molar-refractivity contribution in [2.45, 2.75) is 27.2 Å². The molecule has 0 spiro atoms. The van der Waals surface area contributed by atoms with Gasteiger partial charge in [-0.3, -0.25) is 25.2 Å². The van der Waals surface area contributed by atoms with E-state index >= 15 is 0 Å². The van der Waals surface area contributed by atoms with Crippen molar-refractivity contribution in [3.8, 4) is 5.75 Å². The van der Waals surface area contributed by atoms with Crippen molar-refractivity contribution < 1.29 is 19.1 Å². The van der Waals surface area contributed by atoms with Crippen molar-refractivity contribution in [1.29, 1.82) is 0 Å². The highest BCUT2D eigenvalue weighted by Gasteiger charge is 2.11. The molecule has 3 N–H and O–H groups in total. The number of nitrogens with one attached hydrogen (secondary N) is 3. The lowest BCUT2D eigenvalue weighted by atomic mass is 10.1. The summed E-state index contributed by atoms with van der Waals surface area (Å²) in [6, 6.07) is 13.1. The molecule has 0 atom stereocenters. The smallest absolute Gasteiger partial charge is 0.269 e. The highest BCUT2D eigenvalue weighted by Crippen LogP contribution is 2.13. The number of carbonyl (C=O) groups is 3. The predicted octanol–water partition coefficient (Wildman–Crippen LogP) is 3.14. The maximum atomic E-state index is 12.2. The Morgan fingerprint density at radius 1 is 0.929 bits per heavy atom. The molecule has 0 aliphatic rings. The number of hydrogen-bond acceptors (Lipinski definition) is 4. The zero-order valence-corrected chi connectivity index (χ0v) is 16.2. The van der Waals surface area contributed by atoms with Crippen molar-refractivity contribution in [1.82, 2.24) is 10.9 Å². The van der Waals surface area contributed by atoms with Crippen molar-refractivity contribution in [3.63, 3.8) is 0 Å². The SMILES string of the molecule is CCOc1cccc(C(=O)NNC(=O)c2ccc(NC(=O)CC(C)C)cc2)c1. The Morgan fingerprint density at radius 2 is 1.57 bits per heavy atom. The Morgan fingerprint density at radius 3 is 2.18 bits per heavy atom. The third-order valence-electron chi connectivity index (χ3n) is 3.72. The molecule has 2 aromatic carbocycles. The number of anilines is 1. The molecule has 0 heterocycles. The van der Waals surface area contributed by atoms with Crippen LogP contribution in [0.4, 0.5) is 5.69 Å². The molecule has 2 rings (SSSR count). The predicted molar refractivity (Wildman–Crippen MR) is 107 cm³/mol. The van der Waals surface area contributed by atoms with Crippen LogP contribution in [0.3, 0.4) is 0 Å². The molecule has 0 saturated heterocycles. The van der Waals surface area contributed by atoms with E-state index < -0.39 is 11.8 Å². The van der Waals surface area contributed by atoms with E-state index in [1.807, 2.05) is 20.8 Å². The molecule has 7 heteroatoms. The molecular formula is C21H25N3O4. The summed E-state index contributed by atoms with van der Waals surface area (Å²) in [4.78, 5) is 36.1. The lowest BCUT2D eigenvalue weighted by Crippen LogP contribution is -2.41. The van der Waals surface area contributed by atoms with Gasteiger partial charge in [-0.2, -0.15) is 0 Å². The third-order valence-corrected chi connectivity index (χ3v) is 3.72. The zero-order chi connectivity index (χ0) is 20.5. The molecule has 0 aromatic heterocycles. The van der Waals surface area contributed by atoms with Gasteiger partial charge in [-0.1, -0.05) is 19.9 Å². The van der Waals surface area contributed by atoms with E-state index in [1.54, 1.807) is 48.5 Å². The second-order valence-corrected chi connectivity index (χ2v) is 6.59. The highest BCUT2D eigenvalue weighted by atomic mass is 16.5. The van der Waals surface area contributed by atoms with Crippen LogP contribution in [0, 0.1) is 5.92 Å². The van der Waals surface area contributed by atoms with Gasteiger partial charge in [0.15, 0.2) is 0 Å². The normalized spacial score (nSPS) is 10.3. The monoisotopic (exact) mass is 383 g/mol. The summed E-state index contributed by atoms with van der Waals surface area (Å²) in [7, 11) is 0. The third kappa shape index (κ3) is 6.42. The number of carbonyl (C=O) groups excluding carboxylic acids is 3. The van der Waals surface area contributed by atoms with E-state index in [9.17, 15) is 14.4 Å². The Balaban J connectivity index is 1.89. The van der Waals surface area contributed by atoms with Crippen LogP contribution in [0.2, 0.25) is 0 Å². The average molecular weight is 383 g/mol. The molecule has 28 heavy (non-hydrogen) atoms. The van der Waals surface area contributed by atoms with E-state index in [1.165, 1.54) is 0 Å². The first-order valence-corrected chi connectivity index (χ1v) is 9.12. The summed E-state index contributed by atoms with van der Waals surface area (Å²) in [5.74, 6) is -0.143. The fourth-order valence-electron chi connectivity index (χ4n) is 2.44. The van der Waals surface area contributed by atoms with Gasteiger partial charge in [0, 0.05) is 23.2 Å². The quantitative estimate of drug-likeness (QED) is 0.640. The van der Waals surface area contributed by atoms with Gasteiger partial charge in [-0.15, -0.1) is 0 Å². The number of ether oxygens (including phenoxy) is 1. The van der Waals surface area contributed by atoms with Crippen molar-refractivity contribution in [2.24, 2.45) is 5.92 Å². The summed E-state index contributed by atoms with van der Waals surface area (Å²) in [6.07, 6.45) is 0.429. The van der Waals surface area contributed by atoms with Gasteiger partial charge in [-0.05, 0) is 55.3 Å². The lowest BCUT2D eigenvalue weighted by molar-refractivity contribution is -0.116. The van der Waals surface area contributed by atoms with E-state index in [-0.39, 0.29) is 11.8 Å². The maximum Gasteiger partial charge on any atom is 0.269 e. The minimum atomic E-state index is -0.464. The molecule has 0 aliphatic heterocycles. The van der Waals surface area contributed by atoms with Crippen molar-refractivity contribution in [3.05, 3.63) is 59.7 Å². The van der Waals surface area contributed by atoms with E-state index in [2.05, 4.69) is 16.2 Å². The van der Waals surface area contributed by atoms with Gasteiger partial charge < -0.3 is 10.1 Å². The van der Waals surface area contributed by atoms with Crippen LogP contribution in [0.1, 0.15) is 47.9 Å². The minimum Gasteiger partial charge on any atom is -0.494 e. The van der Waals surface area contributed by atoms with Gasteiger partial charge >= 0.3 is 0 Å². The second-order valence-electron chi connectivity index (χ2n) is 6.59. The highest BCUT2D eigenvalue weighted by molar-refractivity contribution is 5.99. The first kappa shape index (κ1) is 21.0. The summed E-state index contributed by atoms with van der Waals surface area (Å²) in [6.45, 7) is 6.28. The van der Waals surface area contributed by atoms with Crippen LogP contribution in [-0.4, -0.2) is 24.3 Å². The van der Waals surface area contributed by atoms with Gasteiger partial charge in [-0.25, -0.2) is 0 Å². The van der Waals surface area contributed by atoms with Crippen LogP contribution < -0.4 is 20.9 Å². The average Bonchev–Trinajstić information content (AvgIpc) is 2.66. The Kier molecular flexibility index (Phi) is 7.56.